The molecule has 1 amide bonds. The lowest BCUT2D eigenvalue weighted by molar-refractivity contribution is -0.117. The lowest BCUT2D eigenvalue weighted by Crippen LogP contribution is -2.48. The average molecular weight is 350 g/mol. The van der Waals surface area contributed by atoms with E-state index in [0.717, 1.165) is 38.1 Å². The predicted octanol–water partition coefficient (Wildman–Crippen LogP) is 1.71. The zero-order chi connectivity index (χ0) is 17.8. The number of H-pyrrole nitrogens is 1. The summed E-state index contributed by atoms with van der Waals surface area (Å²) >= 11 is 0. The highest BCUT2D eigenvalue weighted by molar-refractivity contribution is 5.99. The van der Waals surface area contributed by atoms with E-state index in [0.29, 0.717) is 18.0 Å². The van der Waals surface area contributed by atoms with Crippen LogP contribution in [0.25, 0.3) is 11.0 Å². The molecular formula is C19H22N6O. The SMILES string of the molecule is O=C(CN1CCN(Cc2ccccc2)CC1)Nc1[nH]nc2ncccc12. The minimum atomic E-state index is -0.0316. The van der Waals surface area contributed by atoms with E-state index in [9.17, 15) is 4.79 Å². The molecular weight excluding hydrogens is 328 g/mol. The Morgan fingerprint density at radius 3 is 2.62 bits per heavy atom. The summed E-state index contributed by atoms with van der Waals surface area (Å²) in [5.74, 6) is 0.580. The Morgan fingerprint density at radius 1 is 1.04 bits per heavy atom. The summed E-state index contributed by atoms with van der Waals surface area (Å²) in [7, 11) is 0. The number of benzene rings is 1. The topological polar surface area (TPSA) is 77.2 Å². The summed E-state index contributed by atoms with van der Waals surface area (Å²) in [5, 5.41) is 10.7. The Hall–Kier alpha value is -2.77. The number of fused-ring (bicyclic) bond motifs is 1. The van der Waals surface area contributed by atoms with E-state index < -0.39 is 0 Å². The Kier molecular flexibility index (Phi) is 4.90. The maximum absolute atomic E-state index is 12.4. The number of aromatic nitrogens is 3. The fourth-order valence-electron chi connectivity index (χ4n) is 3.27. The first-order valence-corrected chi connectivity index (χ1v) is 8.85. The van der Waals surface area contributed by atoms with Gasteiger partial charge in [-0.15, -0.1) is 0 Å². The number of nitrogens with one attached hydrogen (secondary N) is 2. The summed E-state index contributed by atoms with van der Waals surface area (Å²) in [6, 6.07) is 14.2. The van der Waals surface area contributed by atoms with Crippen molar-refractivity contribution in [3.63, 3.8) is 0 Å². The molecule has 1 fully saturated rings. The van der Waals surface area contributed by atoms with Gasteiger partial charge in [0.05, 0.1) is 11.9 Å². The zero-order valence-electron chi connectivity index (χ0n) is 14.6. The summed E-state index contributed by atoms with van der Waals surface area (Å²) < 4.78 is 0. The number of amides is 1. The number of piperazine rings is 1. The summed E-state index contributed by atoms with van der Waals surface area (Å²) in [4.78, 5) is 21.1. The molecule has 1 aromatic carbocycles. The van der Waals surface area contributed by atoms with E-state index in [1.807, 2.05) is 18.2 Å². The van der Waals surface area contributed by atoms with Gasteiger partial charge in [-0.1, -0.05) is 30.3 Å². The van der Waals surface area contributed by atoms with E-state index in [1.54, 1.807) is 6.20 Å². The first-order chi connectivity index (χ1) is 12.8. The molecule has 0 aliphatic carbocycles. The quantitative estimate of drug-likeness (QED) is 0.733. The lowest BCUT2D eigenvalue weighted by Gasteiger charge is -2.34. The summed E-state index contributed by atoms with van der Waals surface area (Å²) in [6.07, 6.45) is 1.68. The number of hydrogen-bond acceptors (Lipinski definition) is 5. The molecule has 0 atom stereocenters. The van der Waals surface area contributed by atoms with Crippen molar-refractivity contribution in [1.29, 1.82) is 0 Å². The Morgan fingerprint density at radius 2 is 1.81 bits per heavy atom. The van der Waals surface area contributed by atoms with Crippen LogP contribution in [-0.2, 0) is 11.3 Å². The molecule has 134 valence electrons. The highest BCUT2D eigenvalue weighted by Crippen LogP contribution is 2.17. The molecule has 7 nitrogen and oxygen atoms in total. The van der Waals surface area contributed by atoms with Gasteiger partial charge in [-0.3, -0.25) is 19.7 Å². The second kappa shape index (κ2) is 7.63. The maximum Gasteiger partial charge on any atom is 0.239 e. The molecule has 4 rings (SSSR count). The number of hydrogen-bond donors (Lipinski definition) is 2. The number of anilines is 1. The molecule has 1 aliphatic heterocycles. The molecule has 1 aliphatic rings. The van der Waals surface area contributed by atoms with Crippen molar-refractivity contribution in [2.45, 2.75) is 6.54 Å². The molecule has 7 heteroatoms. The number of rotatable bonds is 5. The van der Waals surface area contributed by atoms with Crippen molar-refractivity contribution in [2.75, 3.05) is 38.0 Å². The van der Waals surface area contributed by atoms with Gasteiger partial charge in [-0.05, 0) is 17.7 Å². The van der Waals surface area contributed by atoms with Gasteiger partial charge in [0.2, 0.25) is 5.91 Å². The highest BCUT2D eigenvalue weighted by atomic mass is 16.2. The molecule has 0 spiro atoms. The first-order valence-electron chi connectivity index (χ1n) is 8.85. The minimum absolute atomic E-state index is 0.0316. The third-order valence-electron chi connectivity index (χ3n) is 4.68. The van der Waals surface area contributed by atoms with Crippen molar-refractivity contribution in [3.8, 4) is 0 Å². The van der Waals surface area contributed by atoms with Crippen LogP contribution < -0.4 is 5.32 Å². The van der Waals surface area contributed by atoms with Crippen LogP contribution in [0.1, 0.15) is 5.56 Å². The van der Waals surface area contributed by atoms with E-state index in [2.05, 4.69) is 54.6 Å². The maximum atomic E-state index is 12.4. The van der Waals surface area contributed by atoms with Gasteiger partial charge in [0.25, 0.3) is 0 Å². The second-order valence-corrected chi connectivity index (χ2v) is 6.56. The minimum Gasteiger partial charge on any atom is -0.309 e. The summed E-state index contributed by atoms with van der Waals surface area (Å²) in [5.41, 5.74) is 1.94. The van der Waals surface area contributed by atoms with Crippen LogP contribution in [0.4, 0.5) is 5.82 Å². The smallest absolute Gasteiger partial charge is 0.239 e. The van der Waals surface area contributed by atoms with E-state index >= 15 is 0 Å². The van der Waals surface area contributed by atoms with Crippen molar-refractivity contribution in [1.82, 2.24) is 25.0 Å². The second-order valence-electron chi connectivity index (χ2n) is 6.56. The number of carbonyl (C=O) groups is 1. The van der Waals surface area contributed by atoms with Crippen LogP contribution in [0.3, 0.4) is 0 Å². The van der Waals surface area contributed by atoms with Crippen molar-refractivity contribution in [3.05, 3.63) is 54.2 Å². The monoisotopic (exact) mass is 350 g/mol. The average Bonchev–Trinajstić information content (AvgIpc) is 3.07. The van der Waals surface area contributed by atoms with Crippen molar-refractivity contribution in [2.24, 2.45) is 0 Å². The standard InChI is InChI=1S/C19H22N6O/c26-17(21-19-16-7-4-8-20-18(16)22-23-19)14-25-11-9-24(10-12-25)13-15-5-2-1-3-6-15/h1-8H,9-14H2,(H2,20,21,22,23,26). The van der Waals surface area contributed by atoms with Gasteiger partial charge in [0.15, 0.2) is 5.65 Å². The molecule has 0 radical (unpaired) electrons. The number of aromatic amines is 1. The molecule has 0 saturated carbocycles. The van der Waals surface area contributed by atoms with Gasteiger partial charge in [-0.25, -0.2) is 4.98 Å². The Labute approximate surface area is 152 Å². The molecule has 2 N–H and O–H groups in total. The molecule has 0 bridgehead atoms. The number of pyridine rings is 1. The summed E-state index contributed by atoms with van der Waals surface area (Å²) in [6.45, 7) is 5.09. The van der Waals surface area contributed by atoms with E-state index in [1.165, 1.54) is 5.56 Å². The first kappa shape index (κ1) is 16.7. The number of nitrogens with zero attached hydrogens (tertiary/aromatic N) is 4. The van der Waals surface area contributed by atoms with Gasteiger partial charge in [-0.2, -0.15) is 5.10 Å². The molecule has 3 aromatic rings. The molecule has 1 saturated heterocycles. The third-order valence-corrected chi connectivity index (χ3v) is 4.68. The van der Waals surface area contributed by atoms with E-state index in [-0.39, 0.29) is 5.91 Å². The Balaban J connectivity index is 1.27. The number of carbonyl (C=O) groups excluding carboxylic acids is 1. The van der Waals surface area contributed by atoms with Crippen molar-refractivity contribution < 1.29 is 4.79 Å². The molecule has 0 unspecified atom stereocenters. The molecule has 2 aromatic heterocycles. The van der Waals surface area contributed by atoms with Crippen LogP contribution in [-0.4, -0.2) is 63.6 Å². The van der Waals surface area contributed by atoms with Gasteiger partial charge < -0.3 is 5.32 Å². The van der Waals surface area contributed by atoms with Gasteiger partial charge in [0.1, 0.15) is 5.82 Å². The zero-order valence-corrected chi connectivity index (χ0v) is 14.6. The van der Waals surface area contributed by atoms with Crippen molar-refractivity contribution >= 4 is 22.8 Å². The fourth-order valence-corrected chi connectivity index (χ4v) is 3.27. The molecule has 26 heavy (non-hydrogen) atoms. The van der Waals surface area contributed by atoms with Crippen LogP contribution in [0, 0.1) is 0 Å². The van der Waals surface area contributed by atoms with Gasteiger partial charge in [0, 0.05) is 38.9 Å². The Bertz CT molecular complexity index is 870. The van der Waals surface area contributed by atoms with Crippen LogP contribution in [0.5, 0.6) is 0 Å². The highest BCUT2D eigenvalue weighted by Gasteiger charge is 2.19. The van der Waals surface area contributed by atoms with Crippen LogP contribution >= 0.6 is 0 Å². The fraction of sp³-hybridized carbons (Fsp3) is 0.316. The largest absolute Gasteiger partial charge is 0.309 e. The van der Waals surface area contributed by atoms with Gasteiger partial charge >= 0.3 is 0 Å². The third kappa shape index (κ3) is 3.89. The van der Waals surface area contributed by atoms with Crippen LogP contribution in [0.15, 0.2) is 48.7 Å². The normalized spacial score (nSPS) is 16.0. The predicted molar refractivity (Wildman–Crippen MR) is 101 cm³/mol. The molecule has 3 heterocycles. The lowest BCUT2D eigenvalue weighted by atomic mass is 10.2. The van der Waals surface area contributed by atoms with Crippen LogP contribution in [0.2, 0.25) is 0 Å². The van der Waals surface area contributed by atoms with E-state index in [4.69, 9.17) is 0 Å².